The number of aromatic nitrogens is 2. The molecular formula is C14H13N3O. The average Bonchev–Trinajstić information content (AvgIpc) is 2.82. The predicted molar refractivity (Wildman–Crippen MR) is 70.3 cm³/mol. The summed E-state index contributed by atoms with van der Waals surface area (Å²) in [7, 11) is 0. The van der Waals surface area contributed by atoms with E-state index < -0.39 is 0 Å². The molecule has 0 aliphatic carbocycles. The van der Waals surface area contributed by atoms with Gasteiger partial charge in [0.2, 0.25) is 0 Å². The zero-order valence-electron chi connectivity index (χ0n) is 10.1. The molecule has 3 aromatic rings. The van der Waals surface area contributed by atoms with Gasteiger partial charge in [0.15, 0.2) is 0 Å². The number of anilines is 1. The van der Waals surface area contributed by atoms with Crippen LogP contribution in [0, 0.1) is 6.92 Å². The molecule has 3 rings (SSSR count). The monoisotopic (exact) mass is 239 g/mol. The highest BCUT2D eigenvalue weighted by atomic mass is 16.3. The van der Waals surface area contributed by atoms with Crippen LogP contribution in [0.2, 0.25) is 0 Å². The van der Waals surface area contributed by atoms with Gasteiger partial charge < -0.3 is 9.73 Å². The molecule has 4 heteroatoms. The van der Waals surface area contributed by atoms with Gasteiger partial charge in [-0.25, -0.2) is 4.98 Å². The van der Waals surface area contributed by atoms with Crippen LogP contribution in [0.25, 0.3) is 11.0 Å². The summed E-state index contributed by atoms with van der Waals surface area (Å²) in [6.45, 7) is 2.54. The SMILES string of the molecule is Cc1ccc(CNc2cnc3ccccc3n2)o1. The molecule has 0 aliphatic rings. The summed E-state index contributed by atoms with van der Waals surface area (Å²) in [6.07, 6.45) is 1.73. The Morgan fingerprint density at radius 2 is 1.94 bits per heavy atom. The third-order valence-corrected chi connectivity index (χ3v) is 2.69. The summed E-state index contributed by atoms with van der Waals surface area (Å²) in [5.41, 5.74) is 1.79. The molecule has 0 unspecified atom stereocenters. The predicted octanol–water partition coefficient (Wildman–Crippen LogP) is 3.14. The van der Waals surface area contributed by atoms with Crippen LogP contribution in [0.1, 0.15) is 11.5 Å². The number of nitrogens with one attached hydrogen (secondary N) is 1. The lowest BCUT2D eigenvalue weighted by atomic mass is 10.3. The minimum atomic E-state index is 0.612. The van der Waals surface area contributed by atoms with Crippen LogP contribution in [-0.4, -0.2) is 9.97 Å². The van der Waals surface area contributed by atoms with Crippen molar-refractivity contribution in [3.63, 3.8) is 0 Å². The van der Waals surface area contributed by atoms with Gasteiger partial charge in [0.05, 0.1) is 23.8 Å². The standard InChI is InChI=1S/C14H13N3O/c1-10-6-7-11(18-10)8-16-14-9-15-12-4-2-3-5-13(12)17-14/h2-7,9H,8H2,1H3,(H,16,17). The van der Waals surface area contributed by atoms with Crippen LogP contribution >= 0.6 is 0 Å². The van der Waals surface area contributed by atoms with E-state index in [1.165, 1.54) is 0 Å². The van der Waals surface area contributed by atoms with Gasteiger partial charge in [0.1, 0.15) is 17.3 Å². The number of fused-ring (bicyclic) bond motifs is 1. The van der Waals surface area contributed by atoms with Crippen molar-refractivity contribution in [1.82, 2.24) is 9.97 Å². The normalized spacial score (nSPS) is 10.7. The number of aryl methyl sites for hydroxylation is 1. The van der Waals surface area contributed by atoms with E-state index >= 15 is 0 Å². The number of benzene rings is 1. The first kappa shape index (κ1) is 10.8. The summed E-state index contributed by atoms with van der Waals surface area (Å²) >= 11 is 0. The Morgan fingerprint density at radius 3 is 2.72 bits per heavy atom. The second kappa shape index (κ2) is 4.49. The second-order valence-electron chi connectivity index (χ2n) is 4.11. The van der Waals surface area contributed by atoms with Crippen LogP contribution in [0.4, 0.5) is 5.82 Å². The Hall–Kier alpha value is -2.36. The zero-order valence-corrected chi connectivity index (χ0v) is 10.1. The smallest absolute Gasteiger partial charge is 0.145 e. The van der Waals surface area contributed by atoms with Gasteiger partial charge in [0, 0.05) is 0 Å². The molecule has 0 saturated heterocycles. The number of rotatable bonds is 3. The molecule has 4 nitrogen and oxygen atoms in total. The maximum Gasteiger partial charge on any atom is 0.145 e. The maximum absolute atomic E-state index is 5.48. The first-order chi connectivity index (χ1) is 8.81. The van der Waals surface area contributed by atoms with Crippen molar-refractivity contribution in [3.8, 4) is 0 Å². The Morgan fingerprint density at radius 1 is 1.11 bits per heavy atom. The van der Waals surface area contributed by atoms with E-state index in [4.69, 9.17) is 4.42 Å². The Kier molecular flexibility index (Phi) is 2.68. The topological polar surface area (TPSA) is 51.0 Å². The van der Waals surface area contributed by atoms with Crippen LogP contribution < -0.4 is 5.32 Å². The largest absolute Gasteiger partial charge is 0.465 e. The molecule has 0 saturated carbocycles. The molecular weight excluding hydrogens is 226 g/mol. The van der Waals surface area contributed by atoms with Crippen molar-refractivity contribution >= 4 is 16.9 Å². The van der Waals surface area contributed by atoms with Crippen LogP contribution in [0.3, 0.4) is 0 Å². The Balaban J connectivity index is 1.78. The molecule has 0 aliphatic heterocycles. The summed E-state index contributed by atoms with van der Waals surface area (Å²) in [6, 6.07) is 11.7. The molecule has 90 valence electrons. The van der Waals surface area contributed by atoms with Crippen molar-refractivity contribution in [1.29, 1.82) is 0 Å². The minimum Gasteiger partial charge on any atom is -0.465 e. The van der Waals surface area contributed by atoms with E-state index in [1.807, 2.05) is 43.3 Å². The fourth-order valence-corrected chi connectivity index (χ4v) is 1.80. The zero-order chi connectivity index (χ0) is 12.4. The van der Waals surface area contributed by atoms with Gasteiger partial charge >= 0.3 is 0 Å². The first-order valence-corrected chi connectivity index (χ1v) is 5.82. The van der Waals surface area contributed by atoms with E-state index in [-0.39, 0.29) is 0 Å². The molecule has 0 radical (unpaired) electrons. The fourth-order valence-electron chi connectivity index (χ4n) is 1.80. The molecule has 2 aromatic heterocycles. The molecule has 18 heavy (non-hydrogen) atoms. The molecule has 1 aromatic carbocycles. The molecule has 1 N–H and O–H groups in total. The van der Waals surface area contributed by atoms with Crippen molar-refractivity contribution < 1.29 is 4.42 Å². The van der Waals surface area contributed by atoms with E-state index in [1.54, 1.807) is 6.20 Å². The van der Waals surface area contributed by atoms with Gasteiger partial charge in [-0.05, 0) is 31.2 Å². The van der Waals surface area contributed by atoms with E-state index in [0.29, 0.717) is 6.54 Å². The summed E-state index contributed by atoms with van der Waals surface area (Å²) in [5, 5.41) is 3.20. The van der Waals surface area contributed by atoms with Crippen LogP contribution in [0.5, 0.6) is 0 Å². The lowest BCUT2D eigenvalue weighted by Gasteiger charge is -2.04. The van der Waals surface area contributed by atoms with Gasteiger partial charge in [-0.15, -0.1) is 0 Å². The first-order valence-electron chi connectivity index (χ1n) is 5.82. The average molecular weight is 239 g/mol. The highest BCUT2D eigenvalue weighted by Gasteiger charge is 2.01. The molecule has 0 spiro atoms. The molecule has 0 atom stereocenters. The maximum atomic E-state index is 5.48. The number of para-hydroxylation sites is 2. The third-order valence-electron chi connectivity index (χ3n) is 2.69. The number of nitrogens with zero attached hydrogens (tertiary/aromatic N) is 2. The van der Waals surface area contributed by atoms with Gasteiger partial charge in [-0.2, -0.15) is 0 Å². The Bertz CT molecular complexity index is 675. The van der Waals surface area contributed by atoms with Crippen molar-refractivity contribution in [3.05, 3.63) is 54.1 Å². The quantitative estimate of drug-likeness (QED) is 0.762. The molecule has 0 bridgehead atoms. The van der Waals surface area contributed by atoms with Gasteiger partial charge in [-0.3, -0.25) is 4.98 Å². The second-order valence-corrected chi connectivity index (χ2v) is 4.11. The van der Waals surface area contributed by atoms with E-state index in [9.17, 15) is 0 Å². The minimum absolute atomic E-state index is 0.612. The lowest BCUT2D eigenvalue weighted by molar-refractivity contribution is 0.490. The number of hydrogen-bond acceptors (Lipinski definition) is 4. The highest BCUT2D eigenvalue weighted by molar-refractivity contribution is 5.75. The molecule has 0 fully saturated rings. The van der Waals surface area contributed by atoms with Gasteiger partial charge in [0.25, 0.3) is 0 Å². The summed E-state index contributed by atoms with van der Waals surface area (Å²) < 4.78 is 5.48. The summed E-state index contributed by atoms with van der Waals surface area (Å²) in [5.74, 6) is 2.56. The van der Waals surface area contributed by atoms with Crippen LogP contribution in [-0.2, 0) is 6.54 Å². The van der Waals surface area contributed by atoms with Crippen LogP contribution in [0.15, 0.2) is 47.0 Å². The van der Waals surface area contributed by atoms with Crippen molar-refractivity contribution in [2.45, 2.75) is 13.5 Å². The Labute approximate surface area is 105 Å². The van der Waals surface area contributed by atoms with E-state index in [0.717, 1.165) is 28.4 Å². The number of furan rings is 1. The van der Waals surface area contributed by atoms with Gasteiger partial charge in [-0.1, -0.05) is 12.1 Å². The summed E-state index contributed by atoms with van der Waals surface area (Å²) in [4.78, 5) is 8.82. The number of hydrogen-bond donors (Lipinski definition) is 1. The fraction of sp³-hybridized carbons (Fsp3) is 0.143. The van der Waals surface area contributed by atoms with E-state index in [2.05, 4.69) is 15.3 Å². The third kappa shape index (κ3) is 2.18. The molecule has 2 heterocycles. The lowest BCUT2D eigenvalue weighted by Crippen LogP contribution is -2.01. The molecule has 0 amide bonds. The van der Waals surface area contributed by atoms with Crippen molar-refractivity contribution in [2.75, 3.05) is 5.32 Å². The highest BCUT2D eigenvalue weighted by Crippen LogP contribution is 2.13. The van der Waals surface area contributed by atoms with Crippen molar-refractivity contribution in [2.24, 2.45) is 0 Å².